The first kappa shape index (κ1) is 12.3. The van der Waals surface area contributed by atoms with Gasteiger partial charge in [0.1, 0.15) is 5.75 Å². The van der Waals surface area contributed by atoms with E-state index in [4.69, 9.17) is 9.47 Å². The Morgan fingerprint density at radius 3 is 2.39 bits per heavy atom. The third-order valence-electron chi connectivity index (χ3n) is 2.92. The van der Waals surface area contributed by atoms with E-state index in [1.807, 2.05) is 0 Å². The third-order valence-corrected chi connectivity index (χ3v) is 2.92. The first-order valence-corrected chi connectivity index (χ1v) is 5.45. The maximum absolute atomic E-state index is 11.7. The minimum Gasteiger partial charge on any atom is -0.497 e. The van der Waals surface area contributed by atoms with E-state index in [2.05, 4.69) is 4.99 Å². The van der Waals surface area contributed by atoms with Gasteiger partial charge in [0, 0.05) is 5.56 Å². The molecule has 1 aromatic carbocycles. The van der Waals surface area contributed by atoms with Crippen molar-refractivity contribution in [1.82, 2.24) is 0 Å². The number of aliphatic imine (C=N–C) groups is 1. The van der Waals surface area contributed by atoms with Gasteiger partial charge in [0.2, 0.25) is 11.5 Å². The van der Waals surface area contributed by atoms with Crippen molar-refractivity contribution < 1.29 is 19.1 Å². The molecule has 0 spiro atoms. The van der Waals surface area contributed by atoms with Crippen LogP contribution in [0.25, 0.3) is 0 Å². The zero-order valence-corrected chi connectivity index (χ0v) is 10.4. The Hall–Kier alpha value is -2.17. The van der Waals surface area contributed by atoms with Gasteiger partial charge >= 0.3 is 5.91 Å². The number of ether oxygens (including phenoxy) is 2. The van der Waals surface area contributed by atoms with E-state index in [1.165, 1.54) is 13.8 Å². The average Bonchev–Trinajstić information content (AvgIpc) is 2.67. The van der Waals surface area contributed by atoms with Gasteiger partial charge < -0.3 is 9.47 Å². The molecule has 1 aliphatic heterocycles. The van der Waals surface area contributed by atoms with Gasteiger partial charge in [0.05, 0.1) is 7.11 Å². The van der Waals surface area contributed by atoms with E-state index in [-0.39, 0.29) is 11.7 Å². The van der Waals surface area contributed by atoms with Gasteiger partial charge in [-0.1, -0.05) is 0 Å². The van der Waals surface area contributed by atoms with Crippen molar-refractivity contribution in [2.24, 2.45) is 4.99 Å². The fourth-order valence-corrected chi connectivity index (χ4v) is 1.54. The van der Waals surface area contributed by atoms with Gasteiger partial charge in [-0.3, -0.25) is 9.59 Å². The molecule has 5 heteroatoms. The van der Waals surface area contributed by atoms with Crippen molar-refractivity contribution >= 4 is 17.6 Å². The largest absolute Gasteiger partial charge is 0.497 e. The van der Waals surface area contributed by atoms with Crippen LogP contribution < -0.4 is 4.74 Å². The lowest BCUT2D eigenvalue weighted by Crippen LogP contribution is -2.41. The molecular weight excluding hydrogens is 234 g/mol. The number of carbonyl (C=O) groups excluding carboxylic acids is 2. The Kier molecular flexibility index (Phi) is 2.90. The minimum absolute atomic E-state index is 0.167. The van der Waals surface area contributed by atoms with Crippen LogP contribution in [-0.2, 0) is 14.3 Å². The van der Waals surface area contributed by atoms with Crippen LogP contribution in [0.3, 0.4) is 0 Å². The van der Waals surface area contributed by atoms with Crippen LogP contribution in [0.1, 0.15) is 19.4 Å². The lowest BCUT2D eigenvalue weighted by molar-refractivity contribution is -0.142. The van der Waals surface area contributed by atoms with E-state index in [9.17, 15) is 9.59 Å². The number of ketones is 1. The summed E-state index contributed by atoms with van der Waals surface area (Å²) in [4.78, 5) is 26.9. The highest BCUT2D eigenvalue weighted by Gasteiger charge is 2.46. The molecule has 1 heterocycles. The Balaban J connectivity index is 2.29. The summed E-state index contributed by atoms with van der Waals surface area (Å²) in [5, 5.41) is 0. The summed E-state index contributed by atoms with van der Waals surface area (Å²) in [6.07, 6.45) is 0. The predicted octanol–water partition coefficient (Wildman–Crippen LogP) is 1.35. The number of hydrogen-bond donors (Lipinski definition) is 0. The standard InChI is InChI=1S/C13H13NO4/c1-8(15)13(2)12(16)14-11(18-13)9-4-6-10(17-3)7-5-9/h4-7H,1-3H3/t13-/m0/s1. The molecule has 1 amide bonds. The topological polar surface area (TPSA) is 65.0 Å². The molecule has 0 unspecified atom stereocenters. The second-order valence-corrected chi connectivity index (χ2v) is 4.14. The van der Waals surface area contributed by atoms with Crippen LogP contribution in [0.5, 0.6) is 5.75 Å². The molecule has 18 heavy (non-hydrogen) atoms. The normalized spacial score (nSPS) is 22.4. The second kappa shape index (κ2) is 4.25. The summed E-state index contributed by atoms with van der Waals surface area (Å²) < 4.78 is 10.4. The zero-order valence-electron chi connectivity index (χ0n) is 10.4. The van der Waals surface area contributed by atoms with Crippen LogP contribution in [0.4, 0.5) is 0 Å². The quantitative estimate of drug-likeness (QED) is 0.756. The SMILES string of the molecule is COc1ccc(C2=NC(=O)[C@](C)(C(C)=O)O2)cc1. The molecule has 0 aromatic heterocycles. The fourth-order valence-electron chi connectivity index (χ4n) is 1.54. The highest BCUT2D eigenvalue weighted by molar-refractivity contribution is 6.18. The third kappa shape index (κ3) is 1.88. The lowest BCUT2D eigenvalue weighted by atomic mass is 10.0. The van der Waals surface area contributed by atoms with E-state index < -0.39 is 11.5 Å². The van der Waals surface area contributed by atoms with Crippen molar-refractivity contribution in [3.05, 3.63) is 29.8 Å². The Bertz CT molecular complexity index is 532. The number of rotatable bonds is 3. The number of nitrogens with zero attached hydrogens (tertiary/aromatic N) is 1. The average molecular weight is 247 g/mol. The molecule has 0 N–H and O–H groups in total. The molecule has 5 nitrogen and oxygen atoms in total. The molecule has 0 radical (unpaired) electrons. The summed E-state index contributed by atoms with van der Waals surface area (Å²) in [5.41, 5.74) is -0.857. The fraction of sp³-hybridized carbons (Fsp3) is 0.308. The minimum atomic E-state index is -1.49. The Morgan fingerprint density at radius 1 is 1.33 bits per heavy atom. The Labute approximate surface area is 104 Å². The Morgan fingerprint density at radius 2 is 1.94 bits per heavy atom. The van der Waals surface area contributed by atoms with Crippen LogP contribution in [0.2, 0.25) is 0 Å². The second-order valence-electron chi connectivity index (χ2n) is 4.14. The number of hydrogen-bond acceptors (Lipinski definition) is 4. The van der Waals surface area contributed by atoms with Gasteiger partial charge in [-0.2, -0.15) is 4.99 Å². The molecule has 0 saturated heterocycles. The molecule has 0 fully saturated rings. The lowest BCUT2D eigenvalue weighted by Gasteiger charge is -2.17. The van der Waals surface area contributed by atoms with Crippen LogP contribution in [-0.4, -0.2) is 30.3 Å². The van der Waals surface area contributed by atoms with E-state index in [1.54, 1.807) is 31.4 Å². The molecule has 0 saturated carbocycles. The van der Waals surface area contributed by atoms with Gasteiger partial charge in [-0.25, -0.2) is 0 Å². The molecule has 0 bridgehead atoms. The van der Waals surface area contributed by atoms with Gasteiger partial charge in [-0.15, -0.1) is 0 Å². The van der Waals surface area contributed by atoms with Gasteiger partial charge in [-0.05, 0) is 38.1 Å². The highest BCUT2D eigenvalue weighted by Crippen LogP contribution is 2.25. The molecule has 94 valence electrons. The van der Waals surface area contributed by atoms with E-state index in [0.717, 1.165) is 0 Å². The first-order chi connectivity index (χ1) is 8.47. The number of Topliss-reactive ketones (excluding diaryl/α,β-unsaturated/α-hetero) is 1. The molecule has 1 aromatic rings. The van der Waals surface area contributed by atoms with Crippen LogP contribution in [0.15, 0.2) is 29.3 Å². The van der Waals surface area contributed by atoms with E-state index in [0.29, 0.717) is 11.3 Å². The van der Waals surface area contributed by atoms with Crippen molar-refractivity contribution in [1.29, 1.82) is 0 Å². The van der Waals surface area contributed by atoms with Crippen molar-refractivity contribution in [3.63, 3.8) is 0 Å². The van der Waals surface area contributed by atoms with E-state index >= 15 is 0 Å². The van der Waals surface area contributed by atoms with Crippen molar-refractivity contribution in [3.8, 4) is 5.75 Å². The predicted molar refractivity (Wildman–Crippen MR) is 64.7 cm³/mol. The summed E-state index contributed by atoms with van der Waals surface area (Å²) in [7, 11) is 1.56. The first-order valence-electron chi connectivity index (χ1n) is 5.45. The van der Waals surface area contributed by atoms with Crippen molar-refractivity contribution in [2.45, 2.75) is 19.4 Å². The number of methoxy groups -OCH3 is 1. The highest BCUT2D eigenvalue weighted by atomic mass is 16.5. The maximum Gasteiger partial charge on any atom is 0.300 e. The number of benzene rings is 1. The molecule has 1 atom stereocenters. The molecule has 2 rings (SSSR count). The zero-order chi connectivity index (χ0) is 13.3. The van der Waals surface area contributed by atoms with Crippen LogP contribution >= 0.6 is 0 Å². The van der Waals surface area contributed by atoms with Gasteiger partial charge in [0.25, 0.3) is 0 Å². The number of carbonyl (C=O) groups is 2. The van der Waals surface area contributed by atoms with Crippen molar-refractivity contribution in [2.75, 3.05) is 7.11 Å². The molecule has 0 aliphatic carbocycles. The van der Waals surface area contributed by atoms with Crippen LogP contribution in [0, 0.1) is 0 Å². The smallest absolute Gasteiger partial charge is 0.300 e. The van der Waals surface area contributed by atoms with Gasteiger partial charge in [0.15, 0.2) is 5.78 Å². The molecule has 1 aliphatic rings. The maximum atomic E-state index is 11.7. The number of amides is 1. The summed E-state index contributed by atoms with van der Waals surface area (Å²) in [5.74, 6) is -0.0704. The summed E-state index contributed by atoms with van der Waals surface area (Å²) >= 11 is 0. The molecular formula is C13H13NO4. The monoisotopic (exact) mass is 247 g/mol. The summed E-state index contributed by atoms with van der Waals surface area (Å²) in [6.45, 7) is 2.74. The summed E-state index contributed by atoms with van der Waals surface area (Å²) in [6, 6.07) is 6.90.